The van der Waals surface area contributed by atoms with Gasteiger partial charge in [-0.25, -0.2) is 0 Å². The molecule has 18 heavy (non-hydrogen) atoms. The highest BCUT2D eigenvalue weighted by molar-refractivity contribution is 4.67. The van der Waals surface area contributed by atoms with E-state index in [0.717, 1.165) is 6.61 Å². The molecule has 1 rings (SSSR count). The average Bonchev–Trinajstić information content (AvgIpc) is 3.17. The zero-order valence-corrected chi connectivity index (χ0v) is 11.9. The van der Waals surface area contributed by atoms with Crippen LogP contribution in [0, 0.1) is 0 Å². The van der Waals surface area contributed by atoms with E-state index in [1.807, 2.05) is 20.8 Å². The van der Waals surface area contributed by atoms with E-state index in [1.54, 1.807) is 7.11 Å². The fourth-order valence-corrected chi connectivity index (χ4v) is 1.29. The molecule has 0 saturated carbocycles. The molecule has 1 fully saturated rings. The summed E-state index contributed by atoms with van der Waals surface area (Å²) in [5, 5.41) is 0. The number of epoxide rings is 1. The maximum atomic E-state index is 5.64. The lowest BCUT2D eigenvalue weighted by Crippen LogP contribution is -2.26. The van der Waals surface area contributed by atoms with Gasteiger partial charge in [0.05, 0.1) is 51.3 Å². The summed E-state index contributed by atoms with van der Waals surface area (Å²) in [4.78, 5) is 0. The molecule has 4 unspecified atom stereocenters. The van der Waals surface area contributed by atoms with Crippen molar-refractivity contribution in [2.75, 3.05) is 40.1 Å². The van der Waals surface area contributed by atoms with Gasteiger partial charge in [-0.15, -0.1) is 0 Å². The van der Waals surface area contributed by atoms with Crippen LogP contribution in [0.2, 0.25) is 0 Å². The van der Waals surface area contributed by atoms with Crippen molar-refractivity contribution in [3.05, 3.63) is 0 Å². The summed E-state index contributed by atoms with van der Waals surface area (Å²) in [6, 6.07) is 0. The Labute approximate surface area is 110 Å². The van der Waals surface area contributed by atoms with Crippen molar-refractivity contribution in [1.29, 1.82) is 0 Å². The smallest absolute Gasteiger partial charge is 0.104 e. The van der Waals surface area contributed by atoms with Crippen molar-refractivity contribution < 1.29 is 23.7 Å². The van der Waals surface area contributed by atoms with Gasteiger partial charge >= 0.3 is 0 Å². The lowest BCUT2D eigenvalue weighted by atomic mass is 10.4. The van der Waals surface area contributed by atoms with Crippen LogP contribution in [0.25, 0.3) is 0 Å². The predicted molar refractivity (Wildman–Crippen MR) is 67.9 cm³/mol. The molecule has 0 aliphatic carbocycles. The van der Waals surface area contributed by atoms with E-state index in [2.05, 4.69) is 0 Å². The summed E-state index contributed by atoms with van der Waals surface area (Å²) in [5.74, 6) is 0. The summed E-state index contributed by atoms with van der Waals surface area (Å²) >= 11 is 0. The van der Waals surface area contributed by atoms with E-state index in [1.165, 1.54) is 0 Å². The van der Waals surface area contributed by atoms with Crippen molar-refractivity contribution in [1.82, 2.24) is 0 Å². The van der Waals surface area contributed by atoms with Crippen LogP contribution in [0.1, 0.15) is 20.8 Å². The van der Waals surface area contributed by atoms with Crippen LogP contribution in [0.4, 0.5) is 0 Å². The molecule has 0 bridgehead atoms. The van der Waals surface area contributed by atoms with Gasteiger partial charge in [0.25, 0.3) is 0 Å². The fourth-order valence-electron chi connectivity index (χ4n) is 1.29. The van der Waals surface area contributed by atoms with Gasteiger partial charge in [0, 0.05) is 7.11 Å². The standard InChI is InChI=1S/C13H26O5/c1-10(14-4)6-16-12(3)7-17-11(2)5-15-8-13-9-18-13/h10-13H,5-9H2,1-4H3. The quantitative estimate of drug-likeness (QED) is 0.524. The monoisotopic (exact) mass is 262 g/mol. The molecule has 0 aromatic rings. The summed E-state index contributed by atoms with van der Waals surface area (Å²) in [6.45, 7) is 9.23. The maximum absolute atomic E-state index is 5.64. The molecule has 0 aromatic carbocycles. The summed E-state index contributed by atoms with van der Waals surface area (Å²) in [7, 11) is 1.68. The van der Waals surface area contributed by atoms with Gasteiger partial charge in [-0.1, -0.05) is 0 Å². The third kappa shape index (κ3) is 8.00. The van der Waals surface area contributed by atoms with E-state index >= 15 is 0 Å². The average molecular weight is 262 g/mol. The number of hydrogen-bond donors (Lipinski definition) is 0. The second-order valence-electron chi connectivity index (χ2n) is 4.83. The molecular formula is C13H26O5. The maximum Gasteiger partial charge on any atom is 0.104 e. The fraction of sp³-hybridized carbons (Fsp3) is 1.00. The molecule has 4 atom stereocenters. The summed E-state index contributed by atoms with van der Waals surface area (Å²) in [6.07, 6.45) is 0.577. The van der Waals surface area contributed by atoms with Crippen molar-refractivity contribution in [3.8, 4) is 0 Å². The van der Waals surface area contributed by atoms with E-state index < -0.39 is 0 Å². The molecule has 0 amide bonds. The Morgan fingerprint density at radius 3 is 2.11 bits per heavy atom. The molecule has 5 heteroatoms. The van der Waals surface area contributed by atoms with Gasteiger partial charge in [0.15, 0.2) is 0 Å². The van der Waals surface area contributed by atoms with E-state index in [0.29, 0.717) is 32.5 Å². The predicted octanol–water partition coefficient (Wildman–Crippen LogP) is 1.25. The van der Waals surface area contributed by atoms with Crippen molar-refractivity contribution in [2.24, 2.45) is 0 Å². The highest BCUT2D eigenvalue weighted by atomic mass is 16.6. The molecule has 108 valence electrons. The zero-order chi connectivity index (χ0) is 13.4. The minimum absolute atomic E-state index is 0.0665. The lowest BCUT2D eigenvalue weighted by Gasteiger charge is -2.19. The highest BCUT2D eigenvalue weighted by Gasteiger charge is 2.22. The Bertz CT molecular complexity index is 208. The largest absolute Gasteiger partial charge is 0.379 e. The molecular weight excluding hydrogens is 236 g/mol. The van der Waals surface area contributed by atoms with Crippen LogP contribution in [-0.4, -0.2) is 64.6 Å². The zero-order valence-electron chi connectivity index (χ0n) is 11.9. The van der Waals surface area contributed by atoms with Crippen LogP contribution < -0.4 is 0 Å². The molecule has 0 aromatic heterocycles. The number of rotatable bonds is 11. The van der Waals surface area contributed by atoms with Gasteiger partial charge < -0.3 is 23.7 Å². The molecule has 0 spiro atoms. The minimum Gasteiger partial charge on any atom is -0.379 e. The summed E-state index contributed by atoms with van der Waals surface area (Å²) in [5.41, 5.74) is 0. The Morgan fingerprint density at radius 2 is 1.56 bits per heavy atom. The van der Waals surface area contributed by atoms with Crippen LogP contribution in [-0.2, 0) is 23.7 Å². The molecule has 0 radical (unpaired) electrons. The van der Waals surface area contributed by atoms with E-state index in [9.17, 15) is 0 Å². The molecule has 5 nitrogen and oxygen atoms in total. The first-order chi connectivity index (χ1) is 8.61. The minimum atomic E-state index is 0.0665. The first kappa shape index (κ1) is 15.9. The second kappa shape index (κ2) is 8.82. The molecule has 0 N–H and O–H groups in total. The lowest BCUT2D eigenvalue weighted by molar-refractivity contribution is -0.0751. The molecule has 1 heterocycles. The summed E-state index contributed by atoms with van der Waals surface area (Å²) < 4.78 is 26.8. The van der Waals surface area contributed by atoms with Crippen LogP contribution in [0.3, 0.4) is 0 Å². The topological polar surface area (TPSA) is 49.5 Å². The highest BCUT2D eigenvalue weighted by Crippen LogP contribution is 2.09. The third-order valence-corrected chi connectivity index (χ3v) is 2.69. The van der Waals surface area contributed by atoms with E-state index in [-0.39, 0.29) is 18.3 Å². The SMILES string of the molecule is COC(C)COC(C)COC(C)COCC1CO1. The van der Waals surface area contributed by atoms with Crippen LogP contribution >= 0.6 is 0 Å². The molecule has 1 aliphatic heterocycles. The normalized spacial score (nSPS) is 23.7. The molecule has 1 saturated heterocycles. The molecule has 1 aliphatic rings. The third-order valence-electron chi connectivity index (χ3n) is 2.69. The van der Waals surface area contributed by atoms with Gasteiger partial charge in [0.2, 0.25) is 0 Å². The first-order valence-corrected chi connectivity index (χ1v) is 6.57. The van der Waals surface area contributed by atoms with Crippen molar-refractivity contribution in [3.63, 3.8) is 0 Å². The van der Waals surface area contributed by atoms with Gasteiger partial charge in [-0.2, -0.15) is 0 Å². The second-order valence-corrected chi connectivity index (χ2v) is 4.83. The van der Waals surface area contributed by atoms with E-state index in [4.69, 9.17) is 23.7 Å². The number of ether oxygens (including phenoxy) is 5. The number of methoxy groups -OCH3 is 1. The Morgan fingerprint density at radius 1 is 1.00 bits per heavy atom. The first-order valence-electron chi connectivity index (χ1n) is 6.57. The van der Waals surface area contributed by atoms with Crippen LogP contribution in [0.5, 0.6) is 0 Å². The van der Waals surface area contributed by atoms with Gasteiger partial charge in [0.1, 0.15) is 6.10 Å². The van der Waals surface area contributed by atoms with Gasteiger partial charge in [-0.3, -0.25) is 0 Å². The van der Waals surface area contributed by atoms with Crippen molar-refractivity contribution in [2.45, 2.75) is 45.2 Å². The van der Waals surface area contributed by atoms with Crippen molar-refractivity contribution >= 4 is 0 Å². The van der Waals surface area contributed by atoms with Gasteiger partial charge in [-0.05, 0) is 20.8 Å². The Kier molecular flexibility index (Phi) is 7.77. The Hall–Kier alpha value is -0.200. The number of hydrogen-bond acceptors (Lipinski definition) is 5. The Balaban J connectivity index is 1.93. The van der Waals surface area contributed by atoms with Crippen LogP contribution in [0.15, 0.2) is 0 Å².